The molecule has 0 saturated carbocycles. The van der Waals surface area contributed by atoms with E-state index in [4.69, 9.17) is 10.00 Å². The van der Waals surface area contributed by atoms with Crippen molar-refractivity contribution in [3.63, 3.8) is 0 Å². The minimum absolute atomic E-state index is 0.198. The lowest BCUT2D eigenvalue weighted by atomic mass is 9.91. The minimum Gasteiger partial charge on any atom is -0.381 e. The molecule has 0 bridgehead atoms. The van der Waals surface area contributed by atoms with Crippen molar-refractivity contribution in [2.75, 3.05) is 26.3 Å². The number of hydrogen-bond acceptors (Lipinski definition) is 3. The first kappa shape index (κ1) is 12.5. The molecule has 1 heterocycles. The van der Waals surface area contributed by atoms with E-state index in [0.717, 1.165) is 32.7 Å². The third kappa shape index (κ3) is 5.15. The highest BCUT2D eigenvalue weighted by Crippen LogP contribution is 2.17. The standard InChI is InChI=1S/C12H22N2O/c1-12(2,10-13)5-6-14-8-11-4-3-7-15-9-11/h11,14H,3-9H2,1-2H3. The lowest BCUT2D eigenvalue weighted by Gasteiger charge is -2.23. The summed E-state index contributed by atoms with van der Waals surface area (Å²) in [5.74, 6) is 0.670. The van der Waals surface area contributed by atoms with Crippen LogP contribution in [0, 0.1) is 22.7 Å². The molecule has 1 aliphatic heterocycles. The highest BCUT2D eigenvalue weighted by molar-refractivity contribution is 4.91. The van der Waals surface area contributed by atoms with Crippen LogP contribution in [0.25, 0.3) is 0 Å². The lowest BCUT2D eigenvalue weighted by molar-refractivity contribution is 0.0547. The van der Waals surface area contributed by atoms with E-state index in [0.29, 0.717) is 5.92 Å². The van der Waals surface area contributed by atoms with Gasteiger partial charge in [-0.2, -0.15) is 5.26 Å². The van der Waals surface area contributed by atoms with E-state index >= 15 is 0 Å². The Labute approximate surface area is 92.8 Å². The first-order valence-electron chi connectivity index (χ1n) is 5.84. The van der Waals surface area contributed by atoms with E-state index in [1.807, 2.05) is 13.8 Å². The second-order valence-electron chi connectivity index (χ2n) is 5.03. The molecule has 0 aromatic carbocycles. The maximum atomic E-state index is 8.84. The predicted molar refractivity (Wildman–Crippen MR) is 60.4 cm³/mol. The Bertz CT molecular complexity index is 214. The van der Waals surface area contributed by atoms with Gasteiger partial charge in [0.15, 0.2) is 0 Å². The number of nitriles is 1. The van der Waals surface area contributed by atoms with Crippen molar-refractivity contribution >= 4 is 0 Å². The minimum atomic E-state index is -0.198. The molecular weight excluding hydrogens is 188 g/mol. The molecular formula is C12H22N2O. The third-order valence-corrected chi connectivity index (χ3v) is 2.92. The SMILES string of the molecule is CC(C)(C#N)CCNCC1CCCOC1. The Kier molecular flexibility index (Phi) is 5.07. The fourth-order valence-electron chi connectivity index (χ4n) is 1.73. The van der Waals surface area contributed by atoms with Crippen molar-refractivity contribution in [3.05, 3.63) is 0 Å². The molecule has 1 rings (SSSR count). The Hall–Kier alpha value is -0.590. The van der Waals surface area contributed by atoms with Crippen molar-refractivity contribution in [3.8, 4) is 6.07 Å². The van der Waals surface area contributed by atoms with Gasteiger partial charge in [-0.3, -0.25) is 0 Å². The molecule has 0 aromatic heterocycles. The molecule has 86 valence electrons. The van der Waals surface area contributed by atoms with Gasteiger partial charge in [-0.05, 0) is 45.6 Å². The summed E-state index contributed by atoms with van der Waals surface area (Å²) in [5, 5.41) is 12.3. The average molecular weight is 210 g/mol. The number of hydrogen-bond donors (Lipinski definition) is 1. The number of ether oxygens (including phenoxy) is 1. The van der Waals surface area contributed by atoms with Crippen molar-refractivity contribution in [2.24, 2.45) is 11.3 Å². The third-order valence-electron chi connectivity index (χ3n) is 2.92. The van der Waals surface area contributed by atoms with E-state index in [9.17, 15) is 0 Å². The number of nitrogens with one attached hydrogen (secondary N) is 1. The van der Waals surface area contributed by atoms with Gasteiger partial charge in [-0.15, -0.1) is 0 Å². The van der Waals surface area contributed by atoms with Crippen molar-refractivity contribution in [1.82, 2.24) is 5.32 Å². The van der Waals surface area contributed by atoms with Crippen LogP contribution in [0.1, 0.15) is 33.1 Å². The number of nitrogens with zero attached hydrogens (tertiary/aromatic N) is 1. The molecule has 0 aliphatic carbocycles. The van der Waals surface area contributed by atoms with Crippen LogP contribution in [0.4, 0.5) is 0 Å². The monoisotopic (exact) mass is 210 g/mol. The molecule has 1 atom stereocenters. The summed E-state index contributed by atoms with van der Waals surface area (Å²) in [4.78, 5) is 0. The van der Waals surface area contributed by atoms with Crippen molar-refractivity contribution in [1.29, 1.82) is 5.26 Å². The lowest BCUT2D eigenvalue weighted by Crippen LogP contribution is -2.31. The van der Waals surface area contributed by atoms with Gasteiger partial charge in [0.1, 0.15) is 0 Å². The zero-order valence-electron chi connectivity index (χ0n) is 9.88. The Morgan fingerprint density at radius 2 is 2.33 bits per heavy atom. The van der Waals surface area contributed by atoms with Crippen molar-refractivity contribution < 1.29 is 4.74 Å². The smallest absolute Gasteiger partial charge is 0.0684 e. The summed E-state index contributed by atoms with van der Waals surface area (Å²) in [5.41, 5.74) is -0.198. The first-order valence-corrected chi connectivity index (χ1v) is 5.84. The fraction of sp³-hybridized carbons (Fsp3) is 0.917. The highest BCUT2D eigenvalue weighted by Gasteiger charge is 2.17. The van der Waals surface area contributed by atoms with Crippen LogP contribution >= 0.6 is 0 Å². The Morgan fingerprint density at radius 1 is 1.53 bits per heavy atom. The number of rotatable bonds is 5. The molecule has 0 aromatic rings. The van der Waals surface area contributed by atoms with Gasteiger partial charge in [0.25, 0.3) is 0 Å². The molecule has 1 saturated heterocycles. The van der Waals surface area contributed by atoms with Gasteiger partial charge in [-0.25, -0.2) is 0 Å². The molecule has 3 nitrogen and oxygen atoms in total. The molecule has 1 N–H and O–H groups in total. The molecule has 0 radical (unpaired) electrons. The normalized spacial score (nSPS) is 22.3. The summed E-state index contributed by atoms with van der Waals surface area (Å²) in [7, 11) is 0. The highest BCUT2D eigenvalue weighted by atomic mass is 16.5. The molecule has 3 heteroatoms. The van der Waals surface area contributed by atoms with Crippen molar-refractivity contribution in [2.45, 2.75) is 33.1 Å². The van der Waals surface area contributed by atoms with E-state index < -0.39 is 0 Å². The maximum absolute atomic E-state index is 8.84. The zero-order valence-corrected chi connectivity index (χ0v) is 9.88. The summed E-state index contributed by atoms with van der Waals surface area (Å²) >= 11 is 0. The van der Waals surface area contributed by atoms with Gasteiger partial charge >= 0.3 is 0 Å². The second kappa shape index (κ2) is 6.09. The molecule has 0 spiro atoms. The van der Waals surface area contributed by atoms with Gasteiger partial charge in [0.05, 0.1) is 18.1 Å². The summed E-state index contributed by atoms with van der Waals surface area (Å²) < 4.78 is 5.41. The topological polar surface area (TPSA) is 45.0 Å². The van der Waals surface area contributed by atoms with Crippen LogP contribution in [0.5, 0.6) is 0 Å². The summed E-state index contributed by atoms with van der Waals surface area (Å²) in [6.45, 7) is 7.75. The van der Waals surface area contributed by atoms with E-state index in [-0.39, 0.29) is 5.41 Å². The van der Waals surface area contributed by atoms with Crippen LogP contribution in [0.15, 0.2) is 0 Å². The van der Waals surface area contributed by atoms with Crippen LogP contribution in [0.2, 0.25) is 0 Å². The Morgan fingerprint density at radius 3 is 2.93 bits per heavy atom. The van der Waals surface area contributed by atoms with E-state index in [1.165, 1.54) is 12.8 Å². The largest absolute Gasteiger partial charge is 0.381 e. The van der Waals surface area contributed by atoms with Gasteiger partial charge < -0.3 is 10.1 Å². The average Bonchev–Trinajstić information content (AvgIpc) is 2.26. The molecule has 15 heavy (non-hydrogen) atoms. The molecule has 1 unspecified atom stereocenters. The first-order chi connectivity index (χ1) is 7.14. The zero-order chi connectivity index (χ0) is 11.1. The fourth-order valence-corrected chi connectivity index (χ4v) is 1.73. The summed E-state index contributed by atoms with van der Waals surface area (Å²) in [6.07, 6.45) is 3.38. The van der Waals surface area contributed by atoms with Gasteiger partial charge in [-0.1, -0.05) is 0 Å². The molecule has 0 amide bonds. The quantitative estimate of drug-likeness (QED) is 0.705. The maximum Gasteiger partial charge on any atom is 0.0684 e. The van der Waals surface area contributed by atoms with Gasteiger partial charge in [0.2, 0.25) is 0 Å². The van der Waals surface area contributed by atoms with E-state index in [1.54, 1.807) is 0 Å². The van der Waals surface area contributed by atoms with Gasteiger partial charge in [0, 0.05) is 13.2 Å². The predicted octanol–water partition coefficient (Wildman–Crippen LogP) is 1.94. The Balaban J connectivity index is 2.04. The van der Waals surface area contributed by atoms with Crippen LogP contribution in [0.3, 0.4) is 0 Å². The second-order valence-corrected chi connectivity index (χ2v) is 5.03. The molecule has 1 aliphatic rings. The van der Waals surface area contributed by atoms with Crippen LogP contribution < -0.4 is 5.32 Å². The summed E-state index contributed by atoms with van der Waals surface area (Å²) in [6, 6.07) is 2.32. The van der Waals surface area contributed by atoms with Crippen LogP contribution in [-0.2, 0) is 4.74 Å². The van der Waals surface area contributed by atoms with E-state index in [2.05, 4.69) is 11.4 Å². The van der Waals surface area contributed by atoms with Crippen LogP contribution in [-0.4, -0.2) is 26.3 Å². The molecule has 1 fully saturated rings.